The summed E-state index contributed by atoms with van der Waals surface area (Å²) in [5.74, 6) is 0.530. The van der Waals surface area contributed by atoms with E-state index in [1.165, 1.54) is 11.1 Å². The van der Waals surface area contributed by atoms with E-state index in [1.807, 2.05) is 36.4 Å². The highest BCUT2D eigenvalue weighted by molar-refractivity contribution is 5.96. The van der Waals surface area contributed by atoms with Crippen molar-refractivity contribution in [1.29, 1.82) is 0 Å². The molecule has 1 nitrogen and oxygen atoms in total. The monoisotopic (exact) mass is 342 g/mol. The Balaban J connectivity index is 1.59. The molecule has 1 heteroatoms. The van der Waals surface area contributed by atoms with Crippen molar-refractivity contribution in [2.24, 2.45) is 0 Å². The van der Waals surface area contributed by atoms with E-state index in [2.05, 4.69) is 54.6 Å². The van der Waals surface area contributed by atoms with Crippen LogP contribution < -0.4 is 0 Å². The maximum atomic E-state index is 12.7. The fraction of sp³-hybridized carbons (Fsp3) is 0.240. The van der Waals surface area contributed by atoms with Gasteiger partial charge in [0.15, 0.2) is 5.78 Å². The van der Waals surface area contributed by atoms with Crippen LogP contribution in [0.25, 0.3) is 0 Å². The number of hydrogen-bond acceptors (Lipinski definition) is 1. The average molecular weight is 342 g/mol. The molecule has 1 atom stereocenters. The van der Waals surface area contributed by atoms with Gasteiger partial charge in [-0.15, -0.1) is 0 Å². The number of carbonyl (C=O) groups is 1. The van der Waals surface area contributed by atoms with Gasteiger partial charge < -0.3 is 0 Å². The zero-order valence-electron chi connectivity index (χ0n) is 15.2. The maximum Gasteiger partial charge on any atom is 0.163 e. The molecule has 132 valence electrons. The predicted molar refractivity (Wildman–Crippen MR) is 109 cm³/mol. The molecule has 26 heavy (non-hydrogen) atoms. The molecule has 0 aromatic heterocycles. The molecule has 1 unspecified atom stereocenters. The van der Waals surface area contributed by atoms with Crippen molar-refractivity contribution in [2.75, 3.05) is 0 Å². The smallest absolute Gasteiger partial charge is 0.163 e. The molecule has 3 aromatic carbocycles. The number of carbonyl (C=O) groups excluding carboxylic acids is 1. The number of ketones is 1. The van der Waals surface area contributed by atoms with E-state index in [1.54, 1.807) is 0 Å². The fourth-order valence-electron chi connectivity index (χ4n) is 3.44. The van der Waals surface area contributed by atoms with Crippen molar-refractivity contribution >= 4 is 5.78 Å². The standard InChI is InChI=1S/C25H26O/c26-25(23-17-8-3-9-18-23)20-24(22-15-6-2-7-16-22)19-11-10-14-21-12-4-1-5-13-21/h1-9,12-13,15-18,24H,10-11,14,19-20H2. The van der Waals surface area contributed by atoms with Crippen LogP contribution in [0.3, 0.4) is 0 Å². The number of aryl methyl sites for hydroxylation is 1. The van der Waals surface area contributed by atoms with E-state index in [-0.39, 0.29) is 5.78 Å². The molecule has 0 fully saturated rings. The maximum absolute atomic E-state index is 12.7. The highest BCUT2D eigenvalue weighted by Crippen LogP contribution is 2.27. The average Bonchev–Trinajstić information content (AvgIpc) is 2.72. The Morgan fingerprint density at radius 3 is 1.92 bits per heavy atom. The van der Waals surface area contributed by atoms with Gasteiger partial charge in [-0.2, -0.15) is 0 Å². The number of rotatable bonds is 9. The van der Waals surface area contributed by atoms with Crippen LogP contribution in [0.4, 0.5) is 0 Å². The van der Waals surface area contributed by atoms with Gasteiger partial charge in [-0.3, -0.25) is 4.79 Å². The van der Waals surface area contributed by atoms with Gasteiger partial charge in [0, 0.05) is 12.0 Å². The third kappa shape index (κ3) is 5.42. The Hall–Kier alpha value is -2.67. The Morgan fingerprint density at radius 1 is 0.692 bits per heavy atom. The lowest BCUT2D eigenvalue weighted by Crippen LogP contribution is -2.08. The van der Waals surface area contributed by atoms with Gasteiger partial charge >= 0.3 is 0 Å². The molecule has 3 rings (SSSR count). The van der Waals surface area contributed by atoms with E-state index in [4.69, 9.17) is 0 Å². The molecule has 0 saturated heterocycles. The van der Waals surface area contributed by atoms with Crippen LogP contribution in [0, 0.1) is 0 Å². The Bertz CT molecular complexity index is 778. The highest BCUT2D eigenvalue weighted by Gasteiger charge is 2.16. The minimum Gasteiger partial charge on any atom is -0.294 e. The van der Waals surface area contributed by atoms with Crippen LogP contribution in [0.1, 0.15) is 53.1 Å². The largest absolute Gasteiger partial charge is 0.294 e. The van der Waals surface area contributed by atoms with E-state index < -0.39 is 0 Å². The van der Waals surface area contributed by atoms with Crippen LogP contribution in [0.15, 0.2) is 91.0 Å². The summed E-state index contributed by atoms with van der Waals surface area (Å²) in [5.41, 5.74) is 3.48. The van der Waals surface area contributed by atoms with Gasteiger partial charge in [0.1, 0.15) is 0 Å². The van der Waals surface area contributed by atoms with Crippen LogP contribution in [0.5, 0.6) is 0 Å². The van der Waals surface area contributed by atoms with Crippen molar-refractivity contribution in [3.8, 4) is 0 Å². The molecule has 0 aliphatic rings. The number of Topliss-reactive ketones (excluding diaryl/α,β-unsaturated/α-hetero) is 1. The molecule has 0 heterocycles. The third-order valence-electron chi connectivity index (χ3n) is 4.91. The molecule has 0 aliphatic carbocycles. The lowest BCUT2D eigenvalue weighted by molar-refractivity contribution is 0.0972. The Labute approximate surface area is 156 Å². The van der Waals surface area contributed by atoms with Crippen LogP contribution in [-0.2, 0) is 6.42 Å². The van der Waals surface area contributed by atoms with Crippen LogP contribution in [-0.4, -0.2) is 5.78 Å². The summed E-state index contributed by atoms with van der Waals surface area (Å²) in [5, 5.41) is 0. The van der Waals surface area contributed by atoms with Gasteiger partial charge in [-0.05, 0) is 36.3 Å². The second kappa shape index (κ2) is 9.72. The zero-order chi connectivity index (χ0) is 18.0. The second-order valence-electron chi connectivity index (χ2n) is 6.83. The summed E-state index contributed by atoms with van der Waals surface area (Å²) >= 11 is 0. The first-order chi connectivity index (χ1) is 12.8. The molecular weight excluding hydrogens is 316 g/mol. The number of unbranched alkanes of at least 4 members (excludes halogenated alkanes) is 1. The molecule has 0 N–H and O–H groups in total. The van der Waals surface area contributed by atoms with Gasteiger partial charge in [-0.25, -0.2) is 0 Å². The van der Waals surface area contributed by atoms with Gasteiger partial charge in [-0.1, -0.05) is 97.4 Å². The van der Waals surface area contributed by atoms with Gasteiger partial charge in [0.2, 0.25) is 0 Å². The summed E-state index contributed by atoms with van der Waals surface area (Å²) in [6.07, 6.45) is 5.03. The van der Waals surface area contributed by atoms with Crippen LogP contribution in [0.2, 0.25) is 0 Å². The Kier molecular flexibility index (Phi) is 6.78. The van der Waals surface area contributed by atoms with E-state index in [0.717, 1.165) is 31.2 Å². The van der Waals surface area contributed by atoms with Crippen molar-refractivity contribution in [2.45, 2.75) is 38.0 Å². The predicted octanol–water partition coefficient (Wildman–Crippen LogP) is 6.46. The number of benzene rings is 3. The number of hydrogen-bond donors (Lipinski definition) is 0. The van der Waals surface area contributed by atoms with E-state index in [9.17, 15) is 4.79 Å². The normalized spacial score (nSPS) is 11.8. The molecule has 0 spiro atoms. The lowest BCUT2D eigenvalue weighted by Gasteiger charge is -2.17. The van der Waals surface area contributed by atoms with Gasteiger partial charge in [0.05, 0.1) is 0 Å². The summed E-state index contributed by atoms with van der Waals surface area (Å²) in [6, 6.07) is 30.8. The SMILES string of the molecule is O=C(CC(CCCCc1ccccc1)c1ccccc1)c1ccccc1. The minimum absolute atomic E-state index is 0.238. The quantitative estimate of drug-likeness (QED) is 0.322. The first kappa shape index (κ1) is 18.1. The molecule has 0 aliphatic heterocycles. The molecule has 0 amide bonds. The molecule has 0 saturated carbocycles. The van der Waals surface area contributed by atoms with Crippen molar-refractivity contribution in [3.05, 3.63) is 108 Å². The molecule has 0 radical (unpaired) electrons. The van der Waals surface area contributed by atoms with Crippen molar-refractivity contribution in [3.63, 3.8) is 0 Å². The van der Waals surface area contributed by atoms with E-state index >= 15 is 0 Å². The summed E-state index contributed by atoms with van der Waals surface area (Å²) < 4.78 is 0. The molecular formula is C25H26O. The summed E-state index contributed by atoms with van der Waals surface area (Å²) in [4.78, 5) is 12.7. The topological polar surface area (TPSA) is 17.1 Å². The molecule has 0 bridgehead atoms. The minimum atomic E-state index is 0.238. The first-order valence-electron chi connectivity index (χ1n) is 9.50. The van der Waals surface area contributed by atoms with Crippen LogP contribution >= 0.6 is 0 Å². The lowest BCUT2D eigenvalue weighted by atomic mass is 9.87. The Morgan fingerprint density at radius 2 is 1.27 bits per heavy atom. The second-order valence-corrected chi connectivity index (χ2v) is 6.83. The summed E-state index contributed by atoms with van der Waals surface area (Å²) in [6.45, 7) is 0. The van der Waals surface area contributed by atoms with Crippen molar-refractivity contribution < 1.29 is 4.79 Å². The fourth-order valence-corrected chi connectivity index (χ4v) is 3.44. The third-order valence-corrected chi connectivity index (χ3v) is 4.91. The van der Waals surface area contributed by atoms with Gasteiger partial charge in [0.25, 0.3) is 0 Å². The molecule has 3 aromatic rings. The first-order valence-corrected chi connectivity index (χ1v) is 9.50. The van der Waals surface area contributed by atoms with E-state index in [0.29, 0.717) is 12.3 Å². The summed E-state index contributed by atoms with van der Waals surface area (Å²) in [7, 11) is 0. The zero-order valence-corrected chi connectivity index (χ0v) is 15.2. The van der Waals surface area contributed by atoms with Crippen molar-refractivity contribution in [1.82, 2.24) is 0 Å². The highest BCUT2D eigenvalue weighted by atomic mass is 16.1.